The van der Waals surface area contributed by atoms with Gasteiger partial charge in [-0.1, -0.05) is 0 Å². The molecule has 0 aromatic rings. The van der Waals surface area contributed by atoms with Crippen molar-refractivity contribution in [2.75, 3.05) is 13.3 Å². The topological polar surface area (TPSA) is 12.4 Å². The van der Waals surface area contributed by atoms with Crippen molar-refractivity contribution in [3.63, 3.8) is 0 Å². The van der Waals surface area contributed by atoms with E-state index in [9.17, 15) is 0 Å². The van der Waals surface area contributed by atoms with Crippen LogP contribution in [-0.4, -0.2) is 13.3 Å². The zero-order valence-electron chi connectivity index (χ0n) is 3.30. The summed E-state index contributed by atoms with van der Waals surface area (Å²) in [6.07, 6.45) is 1.95. The van der Waals surface area contributed by atoms with Gasteiger partial charge in [-0.2, -0.15) is 0 Å². The molecule has 0 aromatic carbocycles. The summed E-state index contributed by atoms with van der Waals surface area (Å²) in [5.41, 5.74) is 0. The van der Waals surface area contributed by atoms with Crippen molar-refractivity contribution in [1.29, 1.82) is 0 Å². The van der Waals surface area contributed by atoms with Crippen LogP contribution in [0.2, 0.25) is 0 Å². The Morgan fingerprint density at radius 1 is 1.80 bits per heavy atom. The Kier molecular flexibility index (Phi) is 2.92. The van der Waals surface area contributed by atoms with E-state index in [2.05, 4.69) is 12.2 Å². The summed E-state index contributed by atoms with van der Waals surface area (Å²) in [5, 5.41) is 0. The minimum absolute atomic E-state index is 0.00309. The Labute approximate surface area is 35.9 Å². The van der Waals surface area contributed by atoms with E-state index in [4.69, 9.17) is 0 Å². The van der Waals surface area contributed by atoms with Crippen molar-refractivity contribution in [1.82, 2.24) is 0 Å². The van der Waals surface area contributed by atoms with E-state index in [-0.39, 0.29) is 9.67 Å². The molecule has 0 unspecified atom stereocenters. The van der Waals surface area contributed by atoms with E-state index in [0.29, 0.717) is 0 Å². The Hall–Kier alpha value is 0.450. The van der Waals surface area contributed by atoms with Crippen molar-refractivity contribution in [3.8, 4) is 0 Å². The number of hydrogen-bond donors (Lipinski definition) is 0. The van der Waals surface area contributed by atoms with Crippen LogP contribution in [0.3, 0.4) is 0 Å². The van der Waals surface area contributed by atoms with Gasteiger partial charge in [0, 0.05) is 0 Å². The van der Waals surface area contributed by atoms with E-state index in [1.165, 1.54) is 0 Å². The Morgan fingerprint density at radius 3 is 2.00 bits per heavy atom. The molecule has 0 amide bonds. The molecule has 3 heteroatoms. The molecule has 0 saturated carbocycles. The van der Waals surface area contributed by atoms with Gasteiger partial charge in [0.25, 0.3) is 0 Å². The van der Waals surface area contributed by atoms with Gasteiger partial charge in [0.05, 0.1) is 0 Å². The first-order valence-corrected chi connectivity index (χ1v) is 3.86. The summed E-state index contributed by atoms with van der Waals surface area (Å²) in [6.45, 7) is 0. The predicted octanol–water partition coefficient (Wildman–Crippen LogP) is 1.37. The molecule has 30 valence electrons. The van der Waals surface area contributed by atoms with Gasteiger partial charge in [-0.3, -0.25) is 0 Å². The molecule has 0 bridgehead atoms. The van der Waals surface area contributed by atoms with Crippen molar-refractivity contribution in [2.24, 2.45) is 4.36 Å². The third kappa shape index (κ3) is 4.45. The molecule has 5 heavy (non-hydrogen) atoms. The Morgan fingerprint density at radius 2 is 2.00 bits per heavy atom. The quantitative estimate of drug-likeness (QED) is 0.414. The van der Waals surface area contributed by atoms with Crippen LogP contribution >= 0.6 is 7.81 Å². The van der Waals surface area contributed by atoms with Gasteiger partial charge in [0.1, 0.15) is 0 Å². The van der Waals surface area contributed by atoms with Crippen LogP contribution < -0.4 is 0 Å². The molecule has 0 aliphatic carbocycles. The molecule has 0 atom stereocenters. The zero-order valence-corrected chi connectivity index (χ0v) is 5.01. The van der Waals surface area contributed by atoms with Crippen LogP contribution in [0.25, 0.3) is 0 Å². The standard InChI is InChI=1S/C2H6NPS/c1-3-5(2)4/h1-2H3. The van der Waals surface area contributed by atoms with Crippen LogP contribution in [0.15, 0.2) is 4.36 Å². The van der Waals surface area contributed by atoms with E-state index in [1.807, 2.05) is 6.26 Å². The van der Waals surface area contributed by atoms with Crippen molar-refractivity contribution in [3.05, 3.63) is 0 Å². The molecule has 0 N–H and O–H groups in total. The molecule has 0 radical (unpaired) electrons. The molecule has 0 spiro atoms. The molecule has 0 rings (SSSR count). The Balaban J connectivity index is 3.82. The summed E-state index contributed by atoms with van der Waals surface area (Å²) < 4.78 is 3.78. The second kappa shape index (κ2) is 2.67. The summed E-state index contributed by atoms with van der Waals surface area (Å²) in [6, 6.07) is 0. The minimum atomic E-state index is -0.00309. The zero-order chi connectivity index (χ0) is 4.28. The fraction of sp³-hybridized carbons (Fsp3) is 1.00. The first-order chi connectivity index (χ1) is 2.27. The Bertz CT molecular complexity index is 120. The molecule has 0 aliphatic rings. The average molecular weight is 107 g/mol. The van der Waals surface area contributed by atoms with E-state index in [0.717, 1.165) is 0 Å². The molecule has 0 saturated heterocycles. The van der Waals surface area contributed by atoms with Gasteiger partial charge >= 0.3 is 35.1 Å². The SMILES string of the molecule is CN=S(C)#P. The second-order valence-corrected chi connectivity index (χ2v) is 3.47. The molecular formula is C2H6NPS. The third-order valence-corrected chi connectivity index (χ3v) is 1.28. The summed E-state index contributed by atoms with van der Waals surface area (Å²) in [4.78, 5) is 0. The molecule has 1 nitrogen and oxygen atoms in total. The molecule has 0 fully saturated rings. The van der Waals surface area contributed by atoms with Crippen LogP contribution in [0.4, 0.5) is 0 Å². The molecule has 0 heterocycles. The number of hydrogen-bond acceptors (Lipinski definition) is 1. The van der Waals surface area contributed by atoms with E-state index < -0.39 is 0 Å². The van der Waals surface area contributed by atoms with E-state index >= 15 is 0 Å². The molecule has 0 aromatic heterocycles. The van der Waals surface area contributed by atoms with Gasteiger partial charge in [-0.05, 0) is 0 Å². The second-order valence-electron chi connectivity index (χ2n) is 0.629. The fourth-order valence-electron chi connectivity index (χ4n) is 0. The number of nitrogens with zero attached hydrogens (tertiary/aromatic N) is 1. The molecule has 0 aliphatic heterocycles. The third-order valence-electron chi connectivity index (χ3n) is 0.264. The average Bonchev–Trinajstić information content (AvgIpc) is 1.38. The first kappa shape index (κ1) is 5.45. The van der Waals surface area contributed by atoms with Gasteiger partial charge in [-0.25, -0.2) is 0 Å². The first-order valence-electron chi connectivity index (χ1n) is 1.22. The van der Waals surface area contributed by atoms with E-state index in [1.54, 1.807) is 7.05 Å². The van der Waals surface area contributed by atoms with Crippen molar-refractivity contribution >= 4 is 17.5 Å². The van der Waals surface area contributed by atoms with Gasteiger partial charge in [0.15, 0.2) is 0 Å². The monoisotopic (exact) mass is 107 g/mol. The summed E-state index contributed by atoms with van der Waals surface area (Å²) in [5.74, 6) is 0. The van der Waals surface area contributed by atoms with Gasteiger partial charge in [0.2, 0.25) is 0 Å². The van der Waals surface area contributed by atoms with Gasteiger partial charge in [-0.15, -0.1) is 0 Å². The van der Waals surface area contributed by atoms with Crippen LogP contribution in [-0.2, 0) is 9.67 Å². The van der Waals surface area contributed by atoms with Crippen molar-refractivity contribution in [2.45, 2.75) is 0 Å². The maximum absolute atomic E-state index is 3.96. The molecular weight excluding hydrogens is 101 g/mol. The van der Waals surface area contributed by atoms with Crippen molar-refractivity contribution < 1.29 is 0 Å². The maximum atomic E-state index is 3.96. The summed E-state index contributed by atoms with van der Waals surface area (Å²) >= 11 is 0. The van der Waals surface area contributed by atoms with Crippen LogP contribution in [0.5, 0.6) is 0 Å². The van der Waals surface area contributed by atoms with Crippen LogP contribution in [0.1, 0.15) is 0 Å². The normalized spacial score (nSPS) is 11.8. The fourth-order valence-corrected chi connectivity index (χ4v) is 0. The number of rotatable bonds is 0. The van der Waals surface area contributed by atoms with Crippen LogP contribution in [0, 0.1) is 0 Å². The predicted molar refractivity (Wildman–Crippen MR) is 28.6 cm³/mol. The van der Waals surface area contributed by atoms with Gasteiger partial charge < -0.3 is 0 Å². The summed E-state index contributed by atoms with van der Waals surface area (Å²) in [7, 11) is 5.72.